The van der Waals surface area contributed by atoms with Crippen molar-refractivity contribution in [2.24, 2.45) is 0 Å². The third kappa shape index (κ3) is 2.22. The number of aryl methyl sites for hydroxylation is 1. The summed E-state index contributed by atoms with van der Waals surface area (Å²) >= 11 is 1.04. The van der Waals surface area contributed by atoms with Crippen LogP contribution < -0.4 is 4.72 Å². The molecule has 2 heterocycles. The van der Waals surface area contributed by atoms with Gasteiger partial charge in [-0.1, -0.05) is 23.0 Å². The maximum atomic E-state index is 12.1. The average Bonchev–Trinajstić information content (AvgIpc) is 2.91. The number of rotatable bonds is 3. The van der Waals surface area contributed by atoms with Crippen molar-refractivity contribution in [1.29, 1.82) is 0 Å². The van der Waals surface area contributed by atoms with Crippen molar-refractivity contribution >= 4 is 33.6 Å². The first-order valence-corrected chi connectivity index (χ1v) is 7.41. The van der Waals surface area contributed by atoms with E-state index in [9.17, 15) is 13.2 Å². The molecule has 8 heteroatoms. The van der Waals surface area contributed by atoms with E-state index < -0.39 is 15.3 Å². The minimum absolute atomic E-state index is 0.0723. The van der Waals surface area contributed by atoms with Crippen LogP contribution in [0.5, 0.6) is 0 Å². The number of anilines is 1. The summed E-state index contributed by atoms with van der Waals surface area (Å²) in [6.45, 7) is 3.40. The highest BCUT2D eigenvalue weighted by atomic mass is 32.2. The predicted octanol–water partition coefficient (Wildman–Crippen LogP) is 1.38. The monoisotopic (exact) mass is 286 g/mol. The Kier molecular flexibility index (Phi) is 3.34. The van der Waals surface area contributed by atoms with Gasteiger partial charge in [-0.15, -0.1) is 0 Å². The zero-order chi connectivity index (χ0) is 13.3. The fourth-order valence-corrected chi connectivity index (χ4v) is 3.85. The van der Waals surface area contributed by atoms with Crippen LogP contribution in [0, 0.1) is 13.8 Å². The lowest BCUT2D eigenvalue weighted by Gasteiger charge is -2.10. The van der Waals surface area contributed by atoms with Crippen LogP contribution in [-0.2, 0) is 14.8 Å². The molecule has 0 aromatic carbocycles. The Labute approximate surface area is 108 Å². The molecule has 0 bridgehead atoms. The molecule has 0 fully saturated rings. The second-order valence-corrected chi connectivity index (χ2v) is 6.45. The van der Waals surface area contributed by atoms with Gasteiger partial charge in [0.2, 0.25) is 15.9 Å². The molecule has 0 saturated carbocycles. The van der Waals surface area contributed by atoms with Gasteiger partial charge in [-0.25, -0.2) is 17.9 Å². The molecule has 6 nitrogen and oxygen atoms in total. The van der Waals surface area contributed by atoms with Crippen LogP contribution in [0.1, 0.15) is 11.3 Å². The number of carbonyl (C=O) groups excluding carboxylic acids is 1. The van der Waals surface area contributed by atoms with Crippen molar-refractivity contribution in [3.8, 4) is 0 Å². The van der Waals surface area contributed by atoms with Crippen molar-refractivity contribution < 1.29 is 17.7 Å². The van der Waals surface area contributed by atoms with E-state index in [2.05, 4.69) is 9.88 Å². The average molecular weight is 286 g/mol. The highest BCUT2D eigenvalue weighted by Crippen LogP contribution is 2.32. The fraction of sp³-hybridized carbons (Fsp3) is 0.300. The normalized spacial score (nSPS) is 19.0. The van der Waals surface area contributed by atoms with Gasteiger partial charge >= 0.3 is 0 Å². The molecular formula is C10H10N2O4S2. The summed E-state index contributed by atoms with van der Waals surface area (Å²) in [7, 11) is -3.77. The molecule has 2 rings (SSSR count). The third-order valence-corrected chi connectivity index (χ3v) is 5.10. The summed E-state index contributed by atoms with van der Waals surface area (Å²) in [5, 5.41) is 4.18. The van der Waals surface area contributed by atoms with Gasteiger partial charge < -0.3 is 4.52 Å². The van der Waals surface area contributed by atoms with Crippen LogP contribution in [0.4, 0.5) is 5.88 Å². The molecule has 1 unspecified atom stereocenters. The van der Waals surface area contributed by atoms with Gasteiger partial charge in [0.05, 0.1) is 10.6 Å². The van der Waals surface area contributed by atoms with Crippen LogP contribution in [0.2, 0.25) is 0 Å². The van der Waals surface area contributed by atoms with Gasteiger partial charge in [0, 0.05) is 5.56 Å². The number of nitrogens with zero attached hydrogens (tertiary/aromatic N) is 1. The maximum absolute atomic E-state index is 12.1. The number of thioether (sulfide) groups is 1. The Balaban J connectivity index is 2.31. The predicted molar refractivity (Wildman–Crippen MR) is 68.2 cm³/mol. The third-order valence-electron chi connectivity index (χ3n) is 2.53. The molecule has 1 aromatic rings. The lowest BCUT2D eigenvalue weighted by atomic mass is 10.3. The standard InChI is InChI=1S/C10H10N2O4S2/c1-6-7(2)11-16-10(6)12-18(14,15)9-3-4-17-8(9)5-13/h3-4,9,12H,1-2H3. The van der Waals surface area contributed by atoms with Crippen LogP contribution >= 0.6 is 11.8 Å². The summed E-state index contributed by atoms with van der Waals surface area (Å²) in [5.74, 6) is 1.70. The number of nitrogens with one attached hydrogen (secondary N) is 1. The van der Waals surface area contributed by atoms with Crippen LogP contribution in [-0.4, -0.2) is 24.8 Å². The fourth-order valence-electron chi connectivity index (χ4n) is 1.37. The van der Waals surface area contributed by atoms with Gasteiger partial charge in [-0.2, -0.15) is 0 Å². The number of sulfonamides is 1. The minimum Gasteiger partial charge on any atom is -0.337 e. The van der Waals surface area contributed by atoms with E-state index in [0.29, 0.717) is 11.3 Å². The van der Waals surface area contributed by atoms with Crippen molar-refractivity contribution in [3.05, 3.63) is 27.6 Å². The molecule has 1 N–H and O–H groups in total. The van der Waals surface area contributed by atoms with Crippen LogP contribution in [0.15, 0.2) is 20.9 Å². The number of aromatic nitrogens is 1. The summed E-state index contributed by atoms with van der Waals surface area (Å²) in [6, 6.07) is 0. The van der Waals surface area contributed by atoms with E-state index in [0.717, 1.165) is 11.8 Å². The van der Waals surface area contributed by atoms with E-state index in [1.165, 1.54) is 6.08 Å². The SMILES string of the molecule is Cc1noc(NS(=O)(=O)C2C=CSC2=C=O)c1C. The minimum atomic E-state index is -3.77. The highest BCUT2D eigenvalue weighted by Gasteiger charge is 2.32. The molecule has 1 atom stereocenters. The Morgan fingerprint density at radius 2 is 2.22 bits per heavy atom. The van der Waals surface area contributed by atoms with Gasteiger partial charge in [0.25, 0.3) is 0 Å². The van der Waals surface area contributed by atoms with E-state index in [1.807, 2.05) is 0 Å². The van der Waals surface area contributed by atoms with Crippen molar-refractivity contribution in [2.75, 3.05) is 4.72 Å². The Morgan fingerprint density at radius 1 is 1.50 bits per heavy atom. The Hall–Kier alpha value is -1.50. The molecule has 18 heavy (non-hydrogen) atoms. The van der Waals surface area contributed by atoms with Gasteiger partial charge in [0.15, 0.2) is 0 Å². The molecule has 1 aliphatic rings. The first-order chi connectivity index (χ1) is 8.45. The van der Waals surface area contributed by atoms with Crippen molar-refractivity contribution in [3.63, 3.8) is 0 Å². The molecule has 0 radical (unpaired) electrons. The van der Waals surface area contributed by atoms with Crippen molar-refractivity contribution in [2.45, 2.75) is 19.1 Å². The quantitative estimate of drug-likeness (QED) is 0.844. The highest BCUT2D eigenvalue weighted by molar-refractivity contribution is 8.08. The first-order valence-electron chi connectivity index (χ1n) is 4.98. The summed E-state index contributed by atoms with van der Waals surface area (Å²) in [6.07, 6.45) is 1.42. The Morgan fingerprint density at radius 3 is 2.78 bits per heavy atom. The van der Waals surface area contributed by atoms with E-state index in [-0.39, 0.29) is 10.8 Å². The smallest absolute Gasteiger partial charge is 0.247 e. The lowest BCUT2D eigenvalue weighted by molar-refractivity contribution is 0.430. The van der Waals surface area contributed by atoms with Crippen LogP contribution in [0.25, 0.3) is 0 Å². The number of hydrogen-bond acceptors (Lipinski definition) is 6. The summed E-state index contributed by atoms with van der Waals surface area (Å²) in [5.41, 5.74) is 1.22. The first kappa shape index (κ1) is 12.9. The topological polar surface area (TPSA) is 89.3 Å². The van der Waals surface area contributed by atoms with Crippen molar-refractivity contribution in [1.82, 2.24) is 5.16 Å². The van der Waals surface area contributed by atoms with Crippen LogP contribution in [0.3, 0.4) is 0 Å². The molecule has 96 valence electrons. The molecule has 0 spiro atoms. The summed E-state index contributed by atoms with van der Waals surface area (Å²) < 4.78 is 31.3. The zero-order valence-corrected chi connectivity index (χ0v) is 11.3. The second kappa shape index (κ2) is 4.64. The molecule has 0 amide bonds. The van der Waals surface area contributed by atoms with E-state index in [1.54, 1.807) is 25.2 Å². The molecule has 0 aliphatic carbocycles. The largest absolute Gasteiger partial charge is 0.337 e. The molecule has 0 saturated heterocycles. The van der Waals surface area contributed by atoms with E-state index >= 15 is 0 Å². The maximum Gasteiger partial charge on any atom is 0.247 e. The van der Waals surface area contributed by atoms with Gasteiger partial charge in [-0.3, -0.25) is 0 Å². The molecule has 1 aliphatic heterocycles. The van der Waals surface area contributed by atoms with Gasteiger partial charge in [-0.05, 0) is 19.3 Å². The lowest BCUT2D eigenvalue weighted by Crippen LogP contribution is -2.26. The zero-order valence-electron chi connectivity index (χ0n) is 9.63. The van der Waals surface area contributed by atoms with E-state index in [4.69, 9.17) is 4.52 Å². The number of hydrogen-bond donors (Lipinski definition) is 1. The van der Waals surface area contributed by atoms with Gasteiger partial charge in [0.1, 0.15) is 11.2 Å². The second-order valence-electron chi connectivity index (χ2n) is 3.70. The molecule has 1 aromatic heterocycles. The summed E-state index contributed by atoms with van der Waals surface area (Å²) in [4.78, 5) is 10.7. The Bertz CT molecular complexity index is 653. The molecular weight excluding hydrogens is 276 g/mol.